The molecular formula is C19H24. The minimum atomic E-state index is 0.652. The summed E-state index contributed by atoms with van der Waals surface area (Å²) in [6, 6.07) is 9.28. The van der Waals surface area contributed by atoms with E-state index in [4.69, 9.17) is 0 Å². The van der Waals surface area contributed by atoms with Gasteiger partial charge in [-0.3, -0.25) is 0 Å². The third-order valence-electron chi connectivity index (χ3n) is 7.10. The maximum atomic E-state index is 2.43. The van der Waals surface area contributed by atoms with E-state index in [1.54, 1.807) is 43.2 Å². The van der Waals surface area contributed by atoms with Crippen LogP contribution in [0.2, 0.25) is 0 Å². The second-order valence-corrected chi connectivity index (χ2v) is 8.08. The number of hydrogen-bond donors (Lipinski definition) is 0. The predicted molar refractivity (Wildman–Crippen MR) is 78.2 cm³/mol. The molecule has 1 aromatic carbocycles. The van der Waals surface area contributed by atoms with Crippen LogP contribution >= 0.6 is 0 Å². The molecule has 0 aliphatic heterocycles. The van der Waals surface area contributed by atoms with Gasteiger partial charge in [-0.05, 0) is 85.2 Å². The zero-order valence-corrected chi connectivity index (χ0v) is 11.8. The van der Waals surface area contributed by atoms with Crippen molar-refractivity contribution in [2.45, 2.75) is 63.2 Å². The quantitative estimate of drug-likeness (QED) is 0.705. The van der Waals surface area contributed by atoms with Crippen LogP contribution in [0.4, 0.5) is 0 Å². The number of hydrogen-bond acceptors (Lipinski definition) is 0. The van der Waals surface area contributed by atoms with E-state index in [1.807, 2.05) is 0 Å². The molecule has 0 nitrogen and oxygen atoms in total. The molecule has 1 aromatic rings. The second kappa shape index (κ2) is 3.45. The van der Waals surface area contributed by atoms with Crippen molar-refractivity contribution in [3.8, 4) is 0 Å². The molecule has 0 N–H and O–H groups in total. The molecule has 2 unspecified atom stereocenters. The molecule has 3 fully saturated rings. The van der Waals surface area contributed by atoms with Gasteiger partial charge in [0, 0.05) is 0 Å². The van der Waals surface area contributed by atoms with Gasteiger partial charge in [0.2, 0.25) is 0 Å². The van der Waals surface area contributed by atoms with Crippen LogP contribution in [0, 0.1) is 17.3 Å². The maximum absolute atomic E-state index is 2.43. The second-order valence-electron chi connectivity index (χ2n) is 8.08. The Balaban J connectivity index is 1.28. The molecule has 0 heterocycles. The van der Waals surface area contributed by atoms with Crippen molar-refractivity contribution in [1.82, 2.24) is 0 Å². The van der Waals surface area contributed by atoms with E-state index in [9.17, 15) is 0 Å². The highest BCUT2D eigenvalue weighted by Crippen LogP contribution is 2.67. The molecule has 0 aromatic heterocycles. The van der Waals surface area contributed by atoms with Crippen LogP contribution in [0.5, 0.6) is 0 Å². The summed E-state index contributed by atoms with van der Waals surface area (Å²) in [7, 11) is 0. The Morgan fingerprint density at radius 2 is 1.84 bits per heavy atom. The minimum Gasteiger partial charge on any atom is -0.0620 e. The van der Waals surface area contributed by atoms with E-state index < -0.39 is 0 Å². The Morgan fingerprint density at radius 3 is 2.63 bits per heavy atom. The van der Waals surface area contributed by atoms with Crippen LogP contribution < -0.4 is 0 Å². The van der Waals surface area contributed by atoms with Crippen LogP contribution in [-0.2, 0) is 11.8 Å². The number of fused-ring (bicyclic) bond motifs is 2. The summed E-state index contributed by atoms with van der Waals surface area (Å²) >= 11 is 0. The Kier molecular flexibility index (Phi) is 1.99. The third kappa shape index (κ3) is 1.41. The number of rotatable bonds is 2. The van der Waals surface area contributed by atoms with E-state index in [0.717, 1.165) is 17.3 Å². The Hall–Kier alpha value is -0.780. The summed E-state index contributed by atoms with van der Waals surface area (Å²) in [5.74, 6) is 2.14. The van der Waals surface area contributed by atoms with Gasteiger partial charge in [-0.1, -0.05) is 30.7 Å². The van der Waals surface area contributed by atoms with Crippen molar-refractivity contribution in [1.29, 1.82) is 0 Å². The Morgan fingerprint density at radius 1 is 1.00 bits per heavy atom. The zero-order chi connectivity index (χ0) is 12.5. The molecule has 100 valence electrons. The number of benzene rings is 1. The molecular weight excluding hydrogens is 228 g/mol. The predicted octanol–water partition coefficient (Wildman–Crippen LogP) is 4.86. The molecule has 0 heteroatoms. The molecule has 2 spiro atoms. The normalized spacial score (nSPS) is 38.0. The first-order valence-electron chi connectivity index (χ1n) is 8.38. The monoisotopic (exact) mass is 252 g/mol. The average Bonchev–Trinajstić information content (AvgIpc) is 2.89. The molecule has 0 saturated heterocycles. The van der Waals surface area contributed by atoms with E-state index in [-0.39, 0.29) is 0 Å². The van der Waals surface area contributed by atoms with Crippen molar-refractivity contribution < 1.29 is 0 Å². The standard InChI is InChI=1S/C19H24/c1-2-5-17-15(4-1)6-9-19(17)13-16(19)10-14-11-18(12-14)7-3-8-18/h1-2,4-5,14,16H,3,6-13H2. The van der Waals surface area contributed by atoms with Gasteiger partial charge in [-0.25, -0.2) is 0 Å². The van der Waals surface area contributed by atoms with Gasteiger partial charge >= 0.3 is 0 Å². The van der Waals surface area contributed by atoms with Gasteiger partial charge in [0.1, 0.15) is 0 Å². The maximum Gasteiger partial charge on any atom is -0.000950 e. The van der Waals surface area contributed by atoms with E-state index >= 15 is 0 Å². The molecule has 3 saturated carbocycles. The highest BCUT2D eigenvalue weighted by Gasteiger charge is 2.59. The largest absolute Gasteiger partial charge is 0.0620 e. The van der Waals surface area contributed by atoms with Gasteiger partial charge in [-0.2, -0.15) is 0 Å². The molecule has 0 radical (unpaired) electrons. The smallest absolute Gasteiger partial charge is 0.000950 e. The van der Waals surface area contributed by atoms with Crippen molar-refractivity contribution in [2.24, 2.45) is 17.3 Å². The molecule has 0 bridgehead atoms. The summed E-state index contributed by atoms with van der Waals surface area (Å²) in [6.07, 6.45) is 13.7. The third-order valence-corrected chi connectivity index (χ3v) is 7.10. The van der Waals surface area contributed by atoms with Crippen molar-refractivity contribution in [3.63, 3.8) is 0 Å². The van der Waals surface area contributed by atoms with Gasteiger partial charge in [-0.15, -0.1) is 0 Å². The van der Waals surface area contributed by atoms with Gasteiger partial charge in [0.25, 0.3) is 0 Å². The van der Waals surface area contributed by atoms with Crippen LogP contribution in [0.25, 0.3) is 0 Å². The fourth-order valence-electron chi connectivity index (χ4n) is 5.86. The van der Waals surface area contributed by atoms with Crippen LogP contribution in [0.1, 0.15) is 62.5 Å². The molecule has 2 atom stereocenters. The molecule has 5 rings (SSSR count). The van der Waals surface area contributed by atoms with Gasteiger partial charge in [0.15, 0.2) is 0 Å². The Bertz CT molecular complexity index is 517. The van der Waals surface area contributed by atoms with E-state index in [1.165, 1.54) is 25.7 Å². The van der Waals surface area contributed by atoms with Gasteiger partial charge < -0.3 is 0 Å². The summed E-state index contributed by atoms with van der Waals surface area (Å²) in [5.41, 5.74) is 4.92. The molecule has 19 heavy (non-hydrogen) atoms. The van der Waals surface area contributed by atoms with Crippen LogP contribution in [0.3, 0.4) is 0 Å². The molecule has 4 aliphatic carbocycles. The van der Waals surface area contributed by atoms with Crippen molar-refractivity contribution in [2.75, 3.05) is 0 Å². The lowest BCUT2D eigenvalue weighted by atomic mass is 9.51. The lowest BCUT2D eigenvalue weighted by molar-refractivity contribution is -0.0305. The highest BCUT2D eigenvalue weighted by atomic mass is 14.6. The van der Waals surface area contributed by atoms with Crippen molar-refractivity contribution >= 4 is 0 Å². The minimum absolute atomic E-state index is 0.652. The summed E-state index contributed by atoms with van der Waals surface area (Å²) < 4.78 is 0. The highest BCUT2D eigenvalue weighted by molar-refractivity contribution is 5.45. The summed E-state index contributed by atoms with van der Waals surface area (Å²) in [6.45, 7) is 0. The first kappa shape index (κ1) is 10.9. The summed E-state index contributed by atoms with van der Waals surface area (Å²) in [5, 5.41) is 0. The Labute approximate surface area is 116 Å². The first-order valence-corrected chi connectivity index (χ1v) is 8.38. The lowest BCUT2D eigenvalue weighted by Gasteiger charge is -2.54. The average molecular weight is 252 g/mol. The molecule has 4 aliphatic rings. The lowest BCUT2D eigenvalue weighted by Crippen LogP contribution is -2.42. The topological polar surface area (TPSA) is 0 Å². The fourth-order valence-corrected chi connectivity index (χ4v) is 5.86. The SMILES string of the molecule is c1ccc2c(c1)CCC21CC1CC1CC2(CCC2)C1. The van der Waals surface area contributed by atoms with E-state index in [2.05, 4.69) is 24.3 Å². The number of aryl methyl sites for hydroxylation is 1. The van der Waals surface area contributed by atoms with Crippen LogP contribution in [0.15, 0.2) is 24.3 Å². The zero-order valence-electron chi connectivity index (χ0n) is 11.8. The first-order chi connectivity index (χ1) is 9.30. The molecule has 0 amide bonds. The van der Waals surface area contributed by atoms with Crippen LogP contribution in [-0.4, -0.2) is 0 Å². The van der Waals surface area contributed by atoms with Crippen molar-refractivity contribution in [3.05, 3.63) is 35.4 Å². The fraction of sp³-hybridized carbons (Fsp3) is 0.684. The van der Waals surface area contributed by atoms with Gasteiger partial charge in [0.05, 0.1) is 0 Å². The van der Waals surface area contributed by atoms with E-state index in [0.29, 0.717) is 5.41 Å². The summed E-state index contributed by atoms with van der Waals surface area (Å²) in [4.78, 5) is 0.